The van der Waals surface area contributed by atoms with Gasteiger partial charge in [0.15, 0.2) is 0 Å². The molecule has 0 radical (unpaired) electrons. The summed E-state index contributed by atoms with van der Waals surface area (Å²) in [5.74, 6) is 8.00. The number of hydrogen-bond acceptors (Lipinski definition) is 0. The zero-order valence-corrected chi connectivity index (χ0v) is 26.7. The van der Waals surface area contributed by atoms with Gasteiger partial charge < -0.3 is 0 Å². The molecule has 0 saturated heterocycles. The molecule has 194 valence electrons. The molecule has 3 aromatic rings. The molecule has 38 heavy (non-hydrogen) atoms. The molecular weight excluding hydrogens is 489 g/mol. The molecule has 0 heterocycles. The van der Waals surface area contributed by atoms with E-state index in [0.29, 0.717) is 16.6 Å². The van der Waals surface area contributed by atoms with Crippen molar-refractivity contribution in [1.29, 1.82) is 0 Å². The van der Waals surface area contributed by atoms with Crippen LogP contribution in [-0.4, -0.2) is 16.1 Å². The first-order valence-corrected chi connectivity index (χ1v) is 20.1. The standard InChI is InChI=1S/C36H42Si2/c1-24(2)38(25(3)4,26(5)6)23-21-28-19-18-27(20-22-37(7,8)9)33-34(28)36-31-16-12-10-14-29(31)35(33)30-15-11-13-17-32(30)36/h10-19,24-26,35-36H,1-9H3. The summed E-state index contributed by atoms with van der Waals surface area (Å²) >= 11 is 0. The van der Waals surface area contributed by atoms with Crippen molar-refractivity contribution in [3.8, 4) is 22.9 Å². The normalized spacial score (nSPS) is 17.4. The van der Waals surface area contributed by atoms with E-state index in [-0.39, 0.29) is 11.8 Å². The molecule has 0 unspecified atom stereocenters. The minimum atomic E-state index is -1.86. The third-order valence-corrected chi connectivity index (χ3v) is 16.1. The molecule has 3 aliphatic rings. The Labute approximate surface area is 233 Å². The fraction of sp³-hybridized carbons (Fsp3) is 0.389. The lowest BCUT2D eigenvalue weighted by molar-refractivity contribution is 0.750. The molecular formula is C36H42Si2. The molecule has 2 heteroatoms. The third-order valence-electron chi connectivity index (χ3n) is 8.95. The van der Waals surface area contributed by atoms with Crippen molar-refractivity contribution >= 4 is 16.1 Å². The summed E-state index contributed by atoms with van der Waals surface area (Å²) in [5, 5.41) is 0. The number of benzene rings is 3. The van der Waals surface area contributed by atoms with Crippen molar-refractivity contribution in [1.82, 2.24) is 0 Å². The Bertz CT molecular complexity index is 1440. The summed E-state index contributed by atoms with van der Waals surface area (Å²) in [6.45, 7) is 21.4. The highest BCUT2D eigenvalue weighted by Crippen LogP contribution is 2.57. The topological polar surface area (TPSA) is 0 Å². The second-order valence-electron chi connectivity index (χ2n) is 13.3. The molecule has 0 aliphatic heterocycles. The Morgan fingerprint density at radius 1 is 0.526 bits per heavy atom. The minimum absolute atomic E-state index is 0.216. The van der Waals surface area contributed by atoms with Crippen LogP contribution in [0.15, 0.2) is 60.7 Å². The summed E-state index contributed by atoms with van der Waals surface area (Å²) in [4.78, 5) is 0. The van der Waals surface area contributed by atoms with Gasteiger partial charge in [-0.2, -0.15) is 0 Å². The Kier molecular flexibility index (Phi) is 6.88. The van der Waals surface area contributed by atoms with E-state index in [1.54, 1.807) is 0 Å². The summed E-state index contributed by atoms with van der Waals surface area (Å²) in [6.07, 6.45) is 0. The van der Waals surface area contributed by atoms with Crippen LogP contribution in [0.3, 0.4) is 0 Å². The highest BCUT2D eigenvalue weighted by atomic mass is 28.3. The van der Waals surface area contributed by atoms with E-state index >= 15 is 0 Å². The predicted octanol–water partition coefficient (Wildman–Crippen LogP) is 9.47. The third kappa shape index (κ3) is 4.24. The van der Waals surface area contributed by atoms with Crippen LogP contribution in [0.25, 0.3) is 0 Å². The van der Waals surface area contributed by atoms with E-state index < -0.39 is 16.1 Å². The fourth-order valence-corrected chi connectivity index (χ4v) is 13.1. The van der Waals surface area contributed by atoms with Crippen molar-refractivity contribution in [3.63, 3.8) is 0 Å². The van der Waals surface area contributed by atoms with E-state index in [1.807, 2.05) is 0 Å². The Morgan fingerprint density at radius 3 is 1.18 bits per heavy atom. The first-order chi connectivity index (χ1) is 18.0. The molecule has 0 fully saturated rings. The second kappa shape index (κ2) is 9.75. The first kappa shape index (κ1) is 26.8. The average Bonchev–Trinajstić information content (AvgIpc) is 2.86. The van der Waals surface area contributed by atoms with Crippen LogP contribution in [0.1, 0.15) is 97.9 Å². The number of rotatable bonds is 3. The molecule has 0 N–H and O–H groups in total. The van der Waals surface area contributed by atoms with Gasteiger partial charge in [-0.05, 0) is 62.1 Å². The molecule has 3 aromatic carbocycles. The molecule has 2 bridgehead atoms. The molecule has 0 nitrogen and oxygen atoms in total. The van der Waals surface area contributed by atoms with Crippen LogP contribution in [0.4, 0.5) is 0 Å². The lowest BCUT2D eigenvalue weighted by atomic mass is 9.59. The lowest BCUT2D eigenvalue weighted by Crippen LogP contribution is -2.43. The van der Waals surface area contributed by atoms with Crippen molar-refractivity contribution in [3.05, 3.63) is 105 Å². The van der Waals surface area contributed by atoms with Crippen molar-refractivity contribution in [2.75, 3.05) is 0 Å². The van der Waals surface area contributed by atoms with E-state index in [2.05, 4.69) is 145 Å². The zero-order valence-electron chi connectivity index (χ0n) is 24.7. The summed E-state index contributed by atoms with van der Waals surface area (Å²) in [7, 11) is -3.38. The van der Waals surface area contributed by atoms with Gasteiger partial charge in [-0.1, -0.05) is 122 Å². The van der Waals surface area contributed by atoms with E-state index in [0.717, 1.165) is 0 Å². The van der Waals surface area contributed by atoms with Gasteiger partial charge in [-0.3, -0.25) is 0 Å². The van der Waals surface area contributed by atoms with Crippen molar-refractivity contribution in [2.24, 2.45) is 0 Å². The zero-order chi connectivity index (χ0) is 27.4. The fourth-order valence-electron chi connectivity index (χ4n) is 7.37. The van der Waals surface area contributed by atoms with Gasteiger partial charge >= 0.3 is 0 Å². The summed E-state index contributed by atoms with van der Waals surface area (Å²) in [6, 6.07) is 22.8. The SMILES string of the molecule is CC(C)[Si](C#Cc1ccc(C#C[Si](C)(C)C)c2c1C1c3ccccc3C2c2ccccc21)(C(C)C)C(C)C. The largest absolute Gasteiger partial charge is 0.146 e. The predicted molar refractivity (Wildman–Crippen MR) is 169 cm³/mol. The van der Waals surface area contributed by atoms with Crippen LogP contribution in [0.2, 0.25) is 36.3 Å². The molecule has 0 amide bonds. The van der Waals surface area contributed by atoms with Crippen LogP contribution in [0.5, 0.6) is 0 Å². The van der Waals surface area contributed by atoms with Gasteiger partial charge in [0.1, 0.15) is 16.1 Å². The molecule has 6 rings (SSSR count). The lowest BCUT2D eigenvalue weighted by Gasteiger charge is -2.43. The van der Waals surface area contributed by atoms with Crippen LogP contribution in [-0.2, 0) is 0 Å². The van der Waals surface area contributed by atoms with Crippen LogP contribution >= 0.6 is 0 Å². The first-order valence-electron chi connectivity index (χ1n) is 14.4. The van der Waals surface area contributed by atoms with Crippen molar-refractivity contribution < 1.29 is 0 Å². The van der Waals surface area contributed by atoms with Gasteiger partial charge in [0.25, 0.3) is 0 Å². The molecule has 0 atom stereocenters. The van der Waals surface area contributed by atoms with Gasteiger partial charge in [-0.25, -0.2) is 0 Å². The van der Waals surface area contributed by atoms with Gasteiger partial charge in [0.2, 0.25) is 0 Å². The highest BCUT2D eigenvalue weighted by Gasteiger charge is 2.44. The van der Waals surface area contributed by atoms with Crippen molar-refractivity contribution in [2.45, 2.75) is 89.6 Å². The Balaban J connectivity index is 1.83. The molecule has 0 spiro atoms. The van der Waals surface area contributed by atoms with E-state index in [9.17, 15) is 0 Å². The van der Waals surface area contributed by atoms with Gasteiger partial charge in [-0.15, -0.1) is 11.1 Å². The molecule has 0 aromatic heterocycles. The minimum Gasteiger partial charge on any atom is -0.127 e. The maximum Gasteiger partial charge on any atom is 0.146 e. The average molecular weight is 531 g/mol. The molecule has 0 saturated carbocycles. The van der Waals surface area contributed by atoms with Gasteiger partial charge in [0, 0.05) is 23.0 Å². The van der Waals surface area contributed by atoms with E-state index in [4.69, 9.17) is 0 Å². The maximum atomic E-state index is 4.04. The van der Waals surface area contributed by atoms with Crippen LogP contribution in [0, 0.1) is 22.9 Å². The summed E-state index contributed by atoms with van der Waals surface area (Å²) < 4.78 is 0. The quantitative estimate of drug-likeness (QED) is 0.161. The monoisotopic (exact) mass is 530 g/mol. The smallest absolute Gasteiger partial charge is 0.127 e. The molecule has 3 aliphatic carbocycles. The highest BCUT2D eigenvalue weighted by molar-refractivity contribution is 6.90. The maximum absolute atomic E-state index is 4.04. The van der Waals surface area contributed by atoms with Gasteiger partial charge in [0.05, 0.1) is 0 Å². The Morgan fingerprint density at radius 2 is 0.868 bits per heavy atom. The van der Waals surface area contributed by atoms with E-state index in [1.165, 1.54) is 44.5 Å². The summed E-state index contributed by atoms with van der Waals surface area (Å²) in [5.41, 5.74) is 20.6. The number of hydrogen-bond donors (Lipinski definition) is 0. The second-order valence-corrected chi connectivity index (χ2v) is 23.6. The Hall–Kier alpha value is -2.79. The van der Waals surface area contributed by atoms with Crippen LogP contribution < -0.4 is 0 Å².